The van der Waals surface area contributed by atoms with Crippen molar-refractivity contribution in [3.8, 4) is 0 Å². The highest BCUT2D eigenvalue weighted by atomic mass is 19.1. The minimum Gasteiger partial charge on any atom is -0.393 e. The molecule has 0 saturated heterocycles. The highest BCUT2D eigenvalue weighted by Gasteiger charge is 2.32. The number of nitro benzene ring substituents is 1. The van der Waals surface area contributed by atoms with Crippen molar-refractivity contribution in [1.29, 1.82) is 0 Å². The molecule has 114 valence electrons. The molecule has 0 heterocycles. The van der Waals surface area contributed by atoms with E-state index in [9.17, 15) is 19.3 Å². The van der Waals surface area contributed by atoms with Crippen LogP contribution in [0.25, 0.3) is 0 Å². The van der Waals surface area contributed by atoms with Gasteiger partial charge in [-0.15, -0.1) is 0 Å². The van der Waals surface area contributed by atoms with E-state index in [1.165, 1.54) is 0 Å². The molecule has 1 aliphatic rings. The first kappa shape index (κ1) is 15.2. The first-order valence-electron chi connectivity index (χ1n) is 6.85. The molecule has 7 heteroatoms. The smallest absolute Gasteiger partial charge is 0.295 e. The third-order valence-corrected chi connectivity index (χ3v) is 4.35. The van der Waals surface area contributed by atoms with Crippen LogP contribution in [-0.2, 0) is 0 Å². The van der Waals surface area contributed by atoms with Gasteiger partial charge >= 0.3 is 0 Å². The van der Waals surface area contributed by atoms with E-state index >= 15 is 0 Å². The van der Waals surface area contributed by atoms with Gasteiger partial charge in [0.2, 0.25) is 0 Å². The number of nitrogens with two attached hydrogens (primary N) is 1. The van der Waals surface area contributed by atoms with Crippen LogP contribution in [0.15, 0.2) is 12.1 Å². The van der Waals surface area contributed by atoms with E-state index in [4.69, 9.17) is 5.73 Å². The summed E-state index contributed by atoms with van der Waals surface area (Å²) < 4.78 is 13.4. The van der Waals surface area contributed by atoms with E-state index in [1.54, 1.807) is 0 Å². The van der Waals surface area contributed by atoms with Crippen LogP contribution in [0.2, 0.25) is 0 Å². The summed E-state index contributed by atoms with van der Waals surface area (Å²) in [6.07, 6.45) is 1.84. The number of hydrogen-bond donors (Lipinski definition) is 2. The summed E-state index contributed by atoms with van der Waals surface area (Å²) in [4.78, 5) is 22.2. The van der Waals surface area contributed by atoms with Gasteiger partial charge < -0.3 is 11.1 Å². The van der Waals surface area contributed by atoms with Crippen LogP contribution in [0.4, 0.5) is 15.8 Å². The number of carbonyl (C=O) groups excluding carboxylic acids is 1. The quantitative estimate of drug-likeness (QED) is 0.508. The number of nitrogens with one attached hydrogen (secondary N) is 1. The van der Waals surface area contributed by atoms with Crippen LogP contribution in [0, 0.1) is 27.8 Å². The lowest BCUT2D eigenvalue weighted by molar-refractivity contribution is -0.384. The number of carbonyl (C=O) groups is 1. The van der Waals surface area contributed by atoms with Gasteiger partial charge in [0, 0.05) is 6.04 Å². The summed E-state index contributed by atoms with van der Waals surface area (Å²) >= 11 is 0. The van der Waals surface area contributed by atoms with Crippen molar-refractivity contribution in [1.82, 2.24) is 5.32 Å². The van der Waals surface area contributed by atoms with Crippen molar-refractivity contribution in [3.63, 3.8) is 0 Å². The summed E-state index contributed by atoms with van der Waals surface area (Å²) in [5.41, 5.74) is 4.54. The fourth-order valence-electron chi connectivity index (χ4n) is 2.76. The van der Waals surface area contributed by atoms with Gasteiger partial charge in [0.1, 0.15) is 11.5 Å². The van der Waals surface area contributed by atoms with Crippen LogP contribution < -0.4 is 11.1 Å². The molecule has 3 atom stereocenters. The fraction of sp³-hybridized carbons (Fsp3) is 0.500. The van der Waals surface area contributed by atoms with E-state index in [0.717, 1.165) is 18.9 Å². The van der Waals surface area contributed by atoms with Gasteiger partial charge in [0.25, 0.3) is 11.6 Å². The molecule has 0 spiro atoms. The molecule has 0 bridgehead atoms. The Hall–Kier alpha value is -2.18. The molecule has 1 aromatic rings. The third-order valence-electron chi connectivity index (χ3n) is 4.35. The van der Waals surface area contributed by atoms with Gasteiger partial charge in [0.05, 0.1) is 16.6 Å². The summed E-state index contributed by atoms with van der Waals surface area (Å²) in [7, 11) is 0. The molecule has 3 unspecified atom stereocenters. The van der Waals surface area contributed by atoms with Crippen molar-refractivity contribution < 1.29 is 14.1 Å². The molecule has 0 radical (unpaired) electrons. The molecule has 0 aromatic heterocycles. The van der Waals surface area contributed by atoms with E-state index < -0.39 is 22.3 Å². The molecule has 0 aliphatic heterocycles. The Morgan fingerprint density at radius 1 is 1.43 bits per heavy atom. The number of hydrogen-bond acceptors (Lipinski definition) is 4. The molecule has 1 amide bonds. The molecule has 3 N–H and O–H groups in total. The monoisotopic (exact) mass is 295 g/mol. The Kier molecular flexibility index (Phi) is 4.11. The number of rotatable bonds is 3. The van der Waals surface area contributed by atoms with Gasteiger partial charge in [-0.1, -0.05) is 13.8 Å². The summed E-state index contributed by atoms with van der Waals surface area (Å²) in [6.45, 7) is 4.15. The van der Waals surface area contributed by atoms with Crippen LogP contribution in [-0.4, -0.2) is 16.9 Å². The number of amides is 1. The molecule has 2 rings (SSSR count). The van der Waals surface area contributed by atoms with Gasteiger partial charge in [-0.05, 0) is 30.7 Å². The van der Waals surface area contributed by atoms with Crippen molar-refractivity contribution in [2.75, 3.05) is 5.73 Å². The normalized spacial score (nSPS) is 24.8. The molecule has 21 heavy (non-hydrogen) atoms. The average Bonchev–Trinajstić information content (AvgIpc) is 2.72. The molecular weight excluding hydrogens is 277 g/mol. The van der Waals surface area contributed by atoms with E-state index in [-0.39, 0.29) is 17.3 Å². The molecule has 6 nitrogen and oxygen atoms in total. The van der Waals surface area contributed by atoms with Crippen LogP contribution in [0.5, 0.6) is 0 Å². The second kappa shape index (κ2) is 5.67. The lowest BCUT2D eigenvalue weighted by Gasteiger charge is -2.20. The van der Waals surface area contributed by atoms with E-state index in [1.807, 2.05) is 6.92 Å². The highest BCUT2D eigenvalue weighted by Crippen LogP contribution is 2.32. The number of anilines is 1. The average molecular weight is 295 g/mol. The highest BCUT2D eigenvalue weighted by molar-refractivity contribution is 6.01. The predicted octanol–water partition coefficient (Wildman–Crippen LogP) is 2.48. The summed E-state index contributed by atoms with van der Waals surface area (Å²) in [5, 5.41) is 13.6. The minimum absolute atomic E-state index is 0.0192. The van der Waals surface area contributed by atoms with Gasteiger partial charge in [-0.2, -0.15) is 0 Å². The molecule has 1 aliphatic carbocycles. The third kappa shape index (κ3) is 2.96. The Morgan fingerprint density at radius 3 is 2.62 bits per heavy atom. The standard InChI is InChI=1S/C14H18FN3O3/c1-7-3-4-11(8(7)2)17-14(19)10-5-9(15)6-12(13(10)16)18(20)21/h5-8,11H,3-4,16H2,1-2H3,(H,17,19). The largest absolute Gasteiger partial charge is 0.393 e. The first-order valence-corrected chi connectivity index (χ1v) is 6.85. The minimum atomic E-state index is -0.853. The van der Waals surface area contributed by atoms with Gasteiger partial charge in [-0.3, -0.25) is 14.9 Å². The van der Waals surface area contributed by atoms with E-state index in [0.29, 0.717) is 17.9 Å². The molecule has 1 aromatic carbocycles. The summed E-state index contributed by atoms with van der Waals surface area (Å²) in [5.74, 6) is -0.622. The number of nitrogens with zero attached hydrogens (tertiary/aromatic N) is 1. The number of nitro groups is 1. The second-order valence-electron chi connectivity index (χ2n) is 5.64. The number of nitrogen functional groups attached to an aromatic ring is 1. The topological polar surface area (TPSA) is 98.3 Å². The van der Waals surface area contributed by atoms with E-state index in [2.05, 4.69) is 12.2 Å². The first-order chi connectivity index (χ1) is 9.81. The Balaban J connectivity index is 2.25. The molecular formula is C14H18FN3O3. The number of benzene rings is 1. The van der Waals surface area contributed by atoms with Gasteiger partial charge in [0.15, 0.2) is 0 Å². The maximum atomic E-state index is 13.4. The SMILES string of the molecule is CC1CCC(NC(=O)c2cc(F)cc([N+](=O)[O-])c2N)C1C. The zero-order valence-corrected chi connectivity index (χ0v) is 11.9. The molecule has 1 saturated carbocycles. The van der Waals surface area contributed by atoms with Crippen molar-refractivity contribution in [2.45, 2.75) is 32.7 Å². The van der Waals surface area contributed by atoms with Crippen molar-refractivity contribution in [3.05, 3.63) is 33.6 Å². The maximum absolute atomic E-state index is 13.4. The van der Waals surface area contributed by atoms with Gasteiger partial charge in [-0.25, -0.2) is 4.39 Å². The maximum Gasteiger partial charge on any atom is 0.295 e. The second-order valence-corrected chi connectivity index (χ2v) is 5.64. The van der Waals surface area contributed by atoms with Crippen LogP contribution >= 0.6 is 0 Å². The van der Waals surface area contributed by atoms with Crippen molar-refractivity contribution in [2.24, 2.45) is 11.8 Å². The Labute approximate surface area is 121 Å². The van der Waals surface area contributed by atoms with Crippen LogP contribution in [0.1, 0.15) is 37.0 Å². The predicted molar refractivity (Wildman–Crippen MR) is 76.3 cm³/mol. The van der Waals surface area contributed by atoms with Crippen molar-refractivity contribution >= 4 is 17.3 Å². The lowest BCUT2D eigenvalue weighted by atomic mass is 9.97. The summed E-state index contributed by atoms with van der Waals surface area (Å²) in [6, 6.07) is 1.63. The zero-order chi connectivity index (χ0) is 15.7. The number of halogens is 1. The molecule has 1 fully saturated rings. The Morgan fingerprint density at radius 2 is 2.10 bits per heavy atom. The zero-order valence-electron chi connectivity index (χ0n) is 11.9. The Bertz CT molecular complexity index is 591. The lowest BCUT2D eigenvalue weighted by Crippen LogP contribution is -2.37. The fourth-order valence-corrected chi connectivity index (χ4v) is 2.76. The van der Waals surface area contributed by atoms with Crippen LogP contribution in [0.3, 0.4) is 0 Å².